The minimum absolute atomic E-state index is 0.147. The lowest BCUT2D eigenvalue weighted by atomic mass is 10.3. The highest BCUT2D eigenvalue weighted by Crippen LogP contribution is 2.14. The van der Waals surface area contributed by atoms with Crippen LogP contribution >= 0.6 is 15.9 Å². The van der Waals surface area contributed by atoms with E-state index in [1.807, 2.05) is 11.0 Å². The molecule has 0 spiro atoms. The van der Waals surface area contributed by atoms with Crippen LogP contribution in [0.25, 0.3) is 5.65 Å². The first kappa shape index (κ1) is 13.7. The molecule has 1 saturated heterocycles. The van der Waals surface area contributed by atoms with Crippen LogP contribution in [0.4, 0.5) is 0 Å². The quantitative estimate of drug-likeness (QED) is 0.804. The lowest BCUT2D eigenvalue weighted by Gasteiger charge is -2.14. The van der Waals surface area contributed by atoms with Crippen LogP contribution in [0, 0.1) is 0 Å². The minimum Gasteiger partial charge on any atom is -0.389 e. The number of fused-ring (bicyclic) bond motifs is 1. The number of aliphatic hydroxyl groups is 2. The molecule has 3 heterocycles. The maximum atomic E-state index is 12.0. The molecule has 7 heteroatoms. The predicted molar refractivity (Wildman–Crippen MR) is 76.5 cm³/mol. The molecule has 0 radical (unpaired) electrons. The molecule has 2 aromatic rings. The fraction of sp³-hybridized carbons (Fsp3) is 0.385. The Bertz CT molecular complexity index is 693. The first-order chi connectivity index (χ1) is 9.52. The Labute approximate surface area is 123 Å². The van der Waals surface area contributed by atoms with Gasteiger partial charge in [0, 0.05) is 36.4 Å². The summed E-state index contributed by atoms with van der Waals surface area (Å²) in [4.78, 5) is 18.3. The van der Waals surface area contributed by atoms with Gasteiger partial charge in [-0.1, -0.05) is 0 Å². The third kappa shape index (κ3) is 2.62. The molecule has 6 nitrogen and oxygen atoms in total. The second kappa shape index (κ2) is 5.25. The molecule has 0 bridgehead atoms. The van der Waals surface area contributed by atoms with Crippen LogP contribution < -0.4 is 5.56 Å². The van der Waals surface area contributed by atoms with Gasteiger partial charge in [-0.25, -0.2) is 4.98 Å². The van der Waals surface area contributed by atoms with Crippen molar-refractivity contribution in [1.82, 2.24) is 14.3 Å². The number of hydrogen-bond acceptors (Lipinski definition) is 5. The summed E-state index contributed by atoms with van der Waals surface area (Å²) in [5.41, 5.74) is 1.07. The highest BCUT2D eigenvalue weighted by atomic mass is 79.9. The molecule has 1 aliphatic heterocycles. The third-order valence-corrected chi connectivity index (χ3v) is 3.87. The molecule has 0 aromatic carbocycles. The molecule has 0 saturated carbocycles. The highest BCUT2D eigenvalue weighted by Gasteiger charge is 2.29. The Morgan fingerprint density at radius 2 is 2.00 bits per heavy atom. The number of pyridine rings is 1. The van der Waals surface area contributed by atoms with Crippen LogP contribution in [0.1, 0.15) is 5.69 Å². The van der Waals surface area contributed by atoms with E-state index in [0.717, 1.165) is 4.47 Å². The van der Waals surface area contributed by atoms with E-state index in [9.17, 15) is 15.0 Å². The van der Waals surface area contributed by atoms with Crippen molar-refractivity contribution in [3.05, 3.63) is 44.9 Å². The summed E-state index contributed by atoms with van der Waals surface area (Å²) in [7, 11) is 0. The van der Waals surface area contributed by atoms with Crippen LogP contribution in [0.5, 0.6) is 0 Å². The average Bonchev–Trinajstić information content (AvgIpc) is 2.69. The molecule has 1 aliphatic rings. The molecule has 3 rings (SSSR count). The molecule has 20 heavy (non-hydrogen) atoms. The van der Waals surface area contributed by atoms with Crippen LogP contribution in [0.15, 0.2) is 33.7 Å². The predicted octanol–water partition coefficient (Wildman–Crippen LogP) is -0.00560. The first-order valence-electron chi connectivity index (χ1n) is 6.29. The molecule has 2 aromatic heterocycles. The van der Waals surface area contributed by atoms with Gasteiger partial charge in [-0.3, -0.25) is 14.1 Å². The Balaban J connectivity index is 1.90. The van der Waals surface area contributed by atoms with Gasteiger partial charge in [0.05, 0.1) is 17.9 Å². The Hall–Kier alpha value is -1.28. The van der Waals surface area contributed by atoms with Gasteiger partial charge in [0.2, 0.25) is 0 Å². The number of likely N-dealkylation sites (tertiary alicyclic amines) is 1. The molecular weight excluding hydrogens is 326 g/mol. The lowest BCUT2D eigenvalue weighted by Crippen LogP contribution is -2.24. The highest BCUT2D eigenvalue weighted by molar-refractivity contribution is 9.10. The van der Waals surface area contributed by atoms with Crippen molar-refractivity contribution in [2.75, 3.05) is 13.1 Å². The summed E-state index contributed by atoms with van der Waals surface area (Å²) < 4.78 is 2.29. The largest absolute Gasteiger partial charge is 0.389 e. The van der Waals surface area contributed by atoms with E-state index < -0.39 is 12.2 Å². The van der Waals surface area contributed by atoms with E-state index in [1.54, 1.807) is 12.3 Å². The summed E-state index contributed by atoms with van der Waals surface area (Å²) in [5, 5.41) is 19.0. The van der Waals surface area contributed by atoms with Gasteiger partial charge in [-0.15, -0.1) is 0 Å². The zero-order valence-corrected chi connectivity index (χ0v) is 12.2. The van der Waals surface area contributed by atoms with Gasteiger partial charge >= 0.3 is 0 Å². The summed E-state index contributed by atoms with van der Waals surface area (Å²) in [5.74, 6) is 0. The van der Waals surface area contributed by atoms with Crippen molar-refractivity contribution < 1.29 is 10.2 Å². The fourth-order valence-corrected chi connectivity index (χ4v) is 2.75. The van der Waals surface area contributed by atoms with Gasteiger partial charge in [-0.2, -0.15) is 0 Å². The van der Waals surface area contributed by atoms with Crippen molar-refractivity contribution in [2.24, 2.45) is 0 Å². The topological polar surface area (TPSA) is 78.1 Å². The number of aliphatic hydroxyl groups excluding tert-OH is 2. The Morgan fingerprint density at radius 1 is 1.30 bits per heavy atom. The van der Waals surface area contributed by atoms with Gasteiger partial charge in [0.25, 0.3) is 5.56 Å². The molecule has 0 unspecified atom stereocenters. The molecule has 0 aliphatic carbocycles. The summed E-state index contributed by atoms with van der Waals surface area (Å²) in [6.07, 6.45) is 0.220. The zero-order valence-electron chi connectivity index (χ0n) is 10.6. The molecule has 0 amide bonds. The normalized spacial score (nSPS) is 23.6. The smallest absolute Gasteiger partial charge is 0.258 e. The van der Waals surface area contributed by atoms with Crippen LogP contribution in [-0.4, -0.2) is 49.8 Å². The Morgan fingerprint density at radius 3 is 2.70 bits per heavy atom. The van der Waals surface area contributed by atoms with Gasteiger partial charge in [-0.05, 0) is 28.1 Å². The minimum atomic E-state index is -0.729. The van der Waals surface area contributed by atoms with E-state index in [0.29, 0.717) is 31.0 Å². The zero-order chi connectivity index (χ0) is 14.3. The van der Waals surface area contributed by atoms with Crippen molar-refractivity contribution in [1.29, 1.82) is 0 Å². The van der Waals surface area contributed by atoms with Crippen LogP contribution in [-0.2, 0) is 6.54 Å². The standard InChI is InChI=1S/C13H14BrN3O3/c14-8-1-2-12-15-9(3-13(20)17(12)4-8)5-16-6-10(18)11(19)7-16/h1-4,10-11,18-19H,5-7H2/t10-,11+. The van der Waals surface area contributed by atoms with Crippen molar-refractivity contribution in [2.45, 2.75) is 18.8 Å². The summed E-state index contributed by atoms with van der Waals surface area (Å²) >= 11 is 3.32. The molecule has 2 N–H and O–H groups in total. The number of nitrogens with zero attached hydrogens (tertiary/aromatic N) is 3. The molecular formula is C13H14BrN3O3. The third-order valence-electron chi connectivity index (χ3n) is 3.40. The molecule has 2 atom stereocenters. The van der Waals surface area contributed by atoms with Crippen LogP contribution in [0.3, 0.4) is 0 Å². The maximum Gasteiger partial charge on any atom is 0.258 e. The van der Waals surface area contributed by atoms with Crippen molar-refractivity contribution >= 4 is 21.6 Å². The van der Waals surface area contributed by atoms with E-state index in [1.165, 1.54) is 10.5 Å². The number of β-amino-alcohol motifs (C(OH)–C–C–N with tert-alkyl or cyclic N) is 2. The average molecular weight is 340 g/mol. The van der Waals surface area contributed by atoms with E-state index in [2.05, 4.69) is 20.9 Å². The van der Waals surface area contributed by atoms with E-state index in [4.69, 9.17) is 0 Å². The van der Waals surface area contributed by atoms with E-state index in [-0.39, 0.29) is 5.56 Å². The van der Waals surface area contributed by atoms with Gasteiger partial charge < -0.3 is 10.2 Å². The van der Waals surface area contributed by atoms with Gasteiger partial charge in [0.1, 0.15) is 5.65 Å². The van der Waals surface area contributed by atoms with Crippen molar-refractivity contribution in [3.63, 3.8) is 0 Å². The first-order valence-corrected chi connectivity index (χ1v) is 7.08. The summed E-state index contributed by atoms with van der Waals surface area (Å²) in [6, 6.07) is 5.08. The second-order valence-corrected chi connectivity index (χ2v) is 5.91. The summed E-state index contributed by atoms with van der Waals surface area (Å²) in [6.45, 7) is 1.22. The fourth-order valence-electron chi connectivity index (χ4n) is 2.41. The maximum absolute atomic E-state index is 12.0. The number of hydrogen-bond donors (Lipinski definition) is 2. The SMILES string of the molecule is O=c1cc(CN2C[C@@H](O)[C@@H](O)C2)nc2ccc(Br)cn12. The van der Waals surface area contributed by atoms with Crippen molar-refractivity contribution in [3.8, 4) is 0 Å². The van der Waals surface area contributed by atoms with E-state index >= 15 is 0 Å². The Kier molecular flexibility index (Phi) is 3.59. The number of aromatic nitrogens is 2. The van der Waals surface area contributed by atoms with Gasteiger partial charge in [0.15, 0.2) is 0 Å². The monoisotopic (exact) mass is 339 g/mol. The second-order valence-electron chi connectivity index (χ2n) is 4.99. The molecule has 106 valence electrons. The number of rotatable bonds is 2. The van der Waals surface area contributed by atoms with Crippen LogP contribution in [0.2, 0.25) is 0 Å². The lowest BCUT2D eigenvalue weighted by molar-refractivity contribution is 0.0572. The number of halogens is 1. The molecule has 1 fully saturated rings.